The molecule has 108 valence electrons. The average molecular weight is 250 g/mol. The molecule has 4 N–H and O–H groups in total. The molecule has 0 aromatic carbocycles. The number of hydrogen-bond donors (Lipinski definition) is 2. The lowest BCUT2D eigenvalue weighted by Crippen LogP contribution is -2.17. The summed E-state index contributed by atoms with van der Waals surface area (Å²) in [5.74, 6) is 0. The van der Waals surface area contributed by atoms with E-state index in [0.29, 0.717) is 0 Å². The third-order valence-corrected chi connectivity index (χ3v) is 1.89. The highest BCUT2D eigenvalue weighted by atomic mass is 16.3. The van der Waals surface area contributed by atoms with Crippen LogP contribution in [0.2, 0.25) is 0 Å². The maximum atomic E-state index is 9.37. The summed E-state index contributed by atoms with van der Waals surface area (Å²) in [5, 5.41) is 17.9. The van der Waals surface area contributed by atoms with Crippen LogP contribution in [-0.2, 0) is 0 Å². The van der Waals surface area contributed by atoms with Gasteiger partial charge in [0.15, 0.2) is 0 Å². The zero-order valence-electron chi connectivity index (χ0n) is 12.6. The average Bonchev–Trinajstić information content (AvgIpc) is 1.98. The molecule has 0 atom stereocenters. The van der Waals surface area contributed by atoms with E-state index in [1.807, 2.05) is 13.8 Å². The van der Waals surface area contributed by atoms with Gasteiger partial charge in [-0.05, 0) is 41.0 Å². The monoisotopic (exact) mass is 250 g/mol. The van der Waals surface area contributed by atoms with Gasteiger partial charge < -0.3 is 15.7 Å². The number of aliphatic hydroxyl groups is 2. The highest BCUT2D eigenvalue weighted by Gasteiger charge is 2.10. The minimum absolute atomic E-state index is 0. The maximum absolute atomic E-state index is 9.37. The Balaban J connectivity index is -0.000000280. The molecule has 0 aliphatic rings. The van der Waals surface area contributed by atoms with Gasteiger partial charge in [0.25, 0.3) is 0 Å². The van der Waals surface area contributed by atoms with Gasteiger partial charge in [-0.25, -0.2) is 0 Å². The molecular formula is C14H34O3. The molecule has 3 nitrogen and oxygen atoms in total. The fourth-order valence-electron chi connectivity index (χ4n) is 1.16. The lowest BCUT2D eigenvalue weighted by atomic mass is 10.0. The van der Waals surface area contributed by atoms with E-state index < -0.39 is 11.2 Å². The van der Waals surface area contributed by atoms with Gasteiger partial charge in [-0.3, -0.25) is 0 Å². The molecule has 3 heteroatoms. The van der Waals surface area contributed by atoms with Crippen LogP contribution in [0.1, 0.15) is 80.1 Å². The van der Waals surface area contributed by atoms with Crippen molar-refractivity contribution in [1.29, 1.82) is 0 Å². The van der Waals surface area contributed by atoms with Gasteiger partial charge in [0, 0.05) is 0 Å². The summed E-state index contributed by atoms with van der Waals surface area (Å²) < 4.78 is 0. The highest BCUT2D eigenvalue weighted by Crippen LogP contribution is 2.13. The SMILES string of the molecule is CC(C)(C)O.CCCCCCCC(C)(C)O.O. The molecule has 0 heterocycles. The van der Waals surface area contributed by atoms with Gasteiger partial charge in [-0.2, -0.15) is 0 Å². The van der Waals surface area contributed by atoms with Gasteiger partial charge in [0.05, 0.1) is 11.2 Å². The minimum Gasteiger partial charge on any atom is -0.412 e. The Morgan fingerprint density at radius 2 is 1.12 bits per heavy atom. The van der Waals surface area contributed by atoms with Crippen LogP contribution in [0.15, 0.2) is 0 Å². The van der Waals surface area contributed by atoms with Gasteiger partial charge >= 0.3 is 0 Å². The van der Waals surface area contributed by atoms with E-state index in [-0.39, 0.29) is 5.48 Å². The zero-order valence-corrected chi connectivity index (χ0v) is 12.6. The molecule has 0 spiro atoms. The Labute approximate surface area is 108 Å². The molecule has 0 bridgehead atoms. The molecule has 0 aromatic heterocycles. The van der Waals surface area contributed by atoms with Crippen molar-refractivity contribution >= 4 is 0 Å². The quantitative estimate of drug-likeness (QED) is 0.711. The minimum atomic E-state index is -0.500. The summed E-state index contributed by atoms with van der Waals surface area (Å²) in [7, 11) is 0. The molecule has 0 aliphatic carbocycles. The van der Waals surface area contributed by atoms with E-state index in [2.05, 4.69) is 6.92 Å². The number of unbranched alkanes of at least 4 members (excludes halogenated alkanes) is 4. The normalized spacial score (nSPS) is 11.3. The second kappa shape index (κ2) is 11.0. The van der Waals surface area contributed by atoms with Crippen molar-refractivity contribution < 1.29 is 15.7 Å². The van der Waals surface area contributed by atoms with Gasteiger partial charge in [-0.1, -0.05) is 39.0 Å². The smallest absolute Gasteiger partial charge is 0.0591 e. The van der Waals surface area contributed by atoms with Crippen molar-refractivity contribution in [3.63, 3.8) is 0 Å². The van der Waals surface area contributed by atoms with Crippen LogP contribution in [0.5, 0.6) is 0 Å². The predicted molar refractivity (Wildman–Crippen MR) is 75.3 cm³/mol. The summed E-state index contributed by atoms with van der Waals surface area (Å²) in [6, 6.07) is 0. The summed E-state index contributed by atoms with van der Waals surface area (Å²) in [6.45, 7) is 11.2. The molecule has 0 aliphatic heterocycles. The molecular weight excluding hydrogens is 216 g/mol. The highest BCUT2D eigenvalue weighted by molar-refractivity contribution is 4.64. The van der Waals surface area contributed by atoms with E-state index >= 15 is 0 Å². The lowest BCUT2D eigenvalue weighted by Gasteiger charge is -2.16. The first kappa shape index (κ1) is 22.1. The Kier molecular flexibility index (Phi) is 14.3. The number of rotatable bonds is 6. The van der Waals surface area contributed by atoms with Gasteiger partial charge in [-0.15, -0.1) is 0 Å². The van der Waals surface area contributed by atoms with Crippen LogP contribution < -0.4 is 0 Å². The molecule has 0 unspecified atom stereocenters. The fraction of sp³-hybridized carbons (Fsp3) is 1.00. The van der Waals surface area contributed by atoms with Crippen molar-refractivity contribution in [2.24, 2.45) is 0 Å². The van der Waals surface area contributed by atoms with Crippen LogP contribution in [0, 0.1) is 0 Å². The first-order valence-corrected chi connectivity index (χ1v) is 6.51. The van der Waals surface area contributed by atoms with Crippen LogP contribution in [0.3, 0.4) is 0 Å². The summed E-state index contributed by atoms with van der Waals surface area (Å²) in [5.41, 5.74) is -0.952. The summed E-state index contributed by atoms with van der Waals surface area (Å²) in [6.07, 6.45) is 7.35. The Morgan fingerprint density at radius 1 is 0.765 bits per heavy atom. The van der Waals surface area contributed by atoms with Crippen LogP contribution in [-0.4, -0.2) is 26.9 Å². The molecule has 0 saturated heterocycles. The largest absolute Gasteiger partial charge is 0.412 e. The maximum Gasteiger partial charge on any atom is 0.0591 e. The Bertz CT molecular complexity index is 137. The van der Waals surface area contributed by atoms with Crippen molar-refractivity contribution in [3.05, 3.63) is 0 Å². The van der Waals surface area contributed by atoms with E-state index in [1.165, 1.54) is 32.1 Å². The van der Waals surface area contributed by atoms with Crippen molar-refractivity contribution in [2.75, 3.05) is 0 Å². The third kappa shape index (κ3) is 49.3. The zero-order chi connectivity index (χ0) is 13.2. The fourth-order valence-corrected chi connectivity index (χ4v) is 1.16. The van der Waals surface area contributed by atoms with Crippen LogP contribution in [0.25, 0.3) is 0 Å². The van der Waals surface area contributed by atoms with E-state index in [4.69, 9.17) is 5.11 Å². The summed E-state index contributed by atoms with van der Waals surface area (Å²) >= 11 is 0. The van der Waals surface area contributed by atoms with Crippen molar-refractivity contribution in [2.45, 2.75) is 91.3 Å². The predicted octanol–water partition coefficient (Wildman–Crippen LogP) is 3.07. The third-order valence-electron chi connectivity index (χ3n) is 1.89. The first-order chi connectivity index (χ1) is 7.06. The standard InChI is InChI=1S/C10H22O.C4H10O.H2O/c1-4-5-6-7-8-9-10(2,3)11;1-4(2,3)5;/h11H,4-9H2,1-3H3;5H,1-3H3;1H2. The van der Waals surface area contributed by atoms with Gasteiger partial charge in [0.2, 0.25) is 0 Å². The second-order valence-electron chi connectivity index (χ2n) is 6.15. The molecule has 0 aromatic rings. The molecule has 0 rings (SSSR count). The number of hydrogen-bond acceptors (Lipinski definition) is 2. The Hall–Kier alpha value is -0.120. The molecule has 0 saturated carbocycles. The lowest BCUT2D eigenvalue weighted by molar-refractivity contribution is 0.0680. The molecule has 0 radical (unpaired) electrons. The summed E-state index contributed by atoms with van der Waals surface area (Å²) in [4.78, 5) is 0. The molecule has 0 fully saturated rings. The van der Waals surface area contributed by atoms with Crippen LogP contribution >= 0.6 is 0 Å². The topological polar surface area (TPSA) is 72.0 Å². The van der Waals surface area contributed by atoms with E-state index in [9.17, 15) is 5.11 Å². The van der Waals surface area contributed by atoms with E-state index in [1.54, 1.807) is 20.8 Å². The van der Waals surface area contributed by atoms with Crippen molar-refractivity contribution in [1.82, 2.24) is 0 Å². The van der Waals surface area contributed by atoms with E-state index in [0.717, 1.165) is 6.42 Å². The second-order valence-corrected chi connectivity index (χ2v) is 6.15. The van der Waals surface area contributed by atoms with Gasteiger partial charge in [0.1, 0.15) is 0 Å². The molecule has 17 heavy (non-hydrogen) atoms. The van der Waals surface area contributed by atoms with Crippen LogP contribution in [0.4, 0.5) is 0 Å². The van der Waals surface area contributed by atoms with Crippen molar-refractivity contribution in [3.8, 4) is 0 Å². The molecule has 0 amide bonds. The first-order valence-electron chi connectivity index (χ1n) is 6.51. The Morgan fingerprint density at radius 3 is 1.41 bits per heavy atom.